The van der Waals surface area contributed by atoms with Crippen LogP contribution in [-0.2, 0) is 20.7 Å². The molecule has 0 aliphatic rings. The average molecular weight is 279 g/mol. The number of nitrogens with one attached hydrogen (secondary N) is 1. The molecule has 6 nitrogen and oxygen atoms in total. The quantitative estimate of drug-likeness (QED) is 0.758. The number of hydrogen-bond acceptors (Lipinski definition) is 4. The molecule has 6 heteroatoms. The molecule has 1 unspecified atom stereocenters. The summed E-state index contributed by atoms with van der Waals surface area (Å²) in [5.41, 5.74) is 1.36. The van der Waals surface area contributed by atoms with Gasteiger partial charge in [-0.15, -0.1) is 0 Å². The van der Waals surface area contributed by atoms with Crippen LogP contribution in [0.1, 0.15) is 29.3 Å². The summed E-state index contributed by atoms with van der Waals surface area (Å²) in [6, 6.07) is 5.72. The van der Waals surface area contributed by atoms with Gasteiger partial charge in [0, 0.05) is 5.56 Å². The van der Waals surface area contributed by atoms with E-state index < -0.39 is 30.3 Å². The number of hydrogen-bond donors (Lipinski definition) is 2. The van der Waals surface area contributed by atoms with Crippen LogP contribution in [0.5, 0.6) is 0 Å². The standard InChI is InChI=1S/C14H17NO5/c1-3-9-5-4-6-10(7-9)13(18)15-11(8-12(16)17)14(19)20-2/h4-7,11H,3,8H2,1-2H3,(H,15,18)(H,16,17). The van der Waals surface area contributed by atoms with E-state index in [9.17, 15) is 14.4 Å². The molecular formula is C14H17NO5. The molecule has 0 saturated heterocycles. The van der Waals surface area contributed by atoms with Crippen LogP contribution in [0, 0.1) is 0 Å². The van der Waals surface area contributed by atoms with E-state index in [1.165, 1.54) is 0 Å². The van der Waals surface area contributed by atoms with Crippen molar-refractivity contribution in [1.82, 2.24) is 5.32 Å². The molecule has 1 aromatic carbocycles. The van der Waals surface area contributed by atoms with Gasteiger partial charge in [0.25, 0.3) is 5.91 Å². The van der Waals surface area contributed by atoms with Crippen molar-refractivity contribution in [3.05, 3.63) is 35.4 Å². The summed E-state index contributed by atoms with van der Waals surface area (Å²) < 4.78 is 4.48. The van der Waals surface area contributed by atoms with Crippen molar-refractivity contribution >= 4 is 17.8 Å². The molecule has 0 saturated carbocycles. The van der Waals surface area contributed by atoms with Gasteiger partial charge < -0.3 is 15.2 Å². The highest BCUT2D eigenvalue weighted by Crippen LogP contribution is 2.07. The summed E-state index contributed by atoms with van der Waals surface area (Å²) in [6.07, 6.45) is 0.253. The van der Waals surface area contributed by atoms with Crippen LogP contribution >= 0.6 is 0 Å². The third-order valence-corrected chi connectivity index (χ3v) is 2.77. The highest BCUT2D eigenvalue weighted by molar-refractivity contribution is 5.97. The minimum Gasteiger partial charge on any atom is -0.481 e. The van der Waals surface area contributed by atoms with Crippen LogP contribution in [0.3, 0.4) is 0 Å². The van der Waals surface area contributed by atoms with Crippen molar-refractivity contribution in [3.8, 4) is 0 Å². The van der Waals surface area contributed by atoms with Gasteiger partial charge in [-0.3, -0.25) is 9.59 Å². The summed E-state index contributed by atoms with van der Waals surface area (Å²) in [4.78, 5) is 34.1. The topological polar surface area (TPSA) is 92.7 Å². The number of rotatable bonds is 6. The summed E-state index contributed by atoms with van der Waals surface area (Å²) in [7, 11) is 1.14. The summed E-state index contributed by atoms with van der Waals surface area (Å²) in [6.45, 7) is 1.96. The normalized spacial score (nSPS) is 11.5. The number of benzene rings is 1. The first-order chi connectivity index (χ1) is 9.47. The van der Waals surface area contributed by atoms with E-state index in [0.717, 1.165) is 19.1 Å². The molecule has 2 N–H and O–H groups in total. The Hall–Kier alpha value is -2.37. The third-order valence-electron chi connectivity index (χ3n) is 2.77. The first kappa shape index (κ1) is 15.7. The molecule has 0 spiro atoms. The first-order valence-electron chi connectivity index (χ1n) is 6.17. The number of esters is 1. The van der Waals surface area contributed by atoms with Gasteiger partial charge in [-0.25, -0.2) is 4.79 Å². The lowest BCUT2D eigenvalue weighted by Gasteiger charge is -2.14. The van der Waals surface area contributed by atoms with E-state index in [1.54, 1.807) is 18.2 Å². The molecule has 1 rings (SSSR count). The van der Waals surface area contributed by atoms with Crippen LogP contribution < -0.4 is 5.32 Å². The first-order valence-corrected chi connectivity index (χ1v) is 6.17. The number of aryl methyl sites for hydroxylation is 1. The molecule has 20 heavy (non-hydrogen) atoms. The lowest BCUT2D eigenvalue weighted by atomic mass is 10.1. The molecule has 1 atom stereocenters. The lowest BCUT2D eigenvalue weighted by Crippen LogP contribution is -2.42. The molecule has 0 heterocycles. The van der Waals surface area contributed by atoms with Gasteiger partial charge in [0.2, 0.25) is 0 Å². The molecule has 0 aromatic heterocycles. The summed E-state index contributed by atoms with van der Waals surface area (Å²) >= 11 is 0. The van der Waals surface area contributed by atoms with Gasteiger partial charge in [-0.2, -0.15) is 0 Å². The van der Waals surface area contributed by atoms with Gasteiger partial charge in [0.05, 0.1) is 13.5 Å². The zero-order valence-corrected chi connectivity index (χ0v) is 11.4. The highest BCUT2D eigenvalue weighted by atomic mass is 16.5. The lowest BCUT2D eigenvalue weighted by molar-refractivity contribution is -0.147. The van der Waals surface area contributed by atoms with Crippen molar-refractivity contribution in [1.29, 1.82) is 0 Å². The Labute approximate surface area is 116 Å². The van der Waals surface area contributed by atoms with Crippen LogP contribution in [0.25, 0.3) is 0 Å². The van der Waals surface area contributed by atoms with E-state index in [0.29, 0.717) is 5.56 Å². The fourth-order valence-electron chi connectivity index (χ4n) is 1.68. The molecule has 0 fully saturated rings. The van der Waals surface area contributed by atoms with Crippen molar-refractivity contribution in [2.75, 3.05) is 7.11 Å². The predicted octanol–water partition coefficient (Wildman–Crippen LogP) is 0.995. The number of aliphatic carboxylic acids is 1. The highest BCUT2D eigenvalue weighted by Gasteiger charge is 2.24. The Kier molecular flexibility index (Phi) is 5.71. The minimum absolute atomic E-state index is 0.378. The van der Waals surface area contributed by atoms with Crippen LogP contribution in [0.4, 0.5) is 0 Å². The number of carbonyl (C=O) groups is 3. The van der Waals surface area contributed by atoms with E-state index in [2.05, 4.69) is 10.1 Å². The Balaban J connectivity index is 2.84. The molecule has 0 aliphatic heterocycles. The minimum atomic E-state index is -1.20. The van der Waals surface area contributed by atoms with Gasteiger partial charge >= 0.3 is 11.9 Å². The van der Waals surface area contributed by atoms with Crippen molar-refractivity contribution < 1.29 is 24.2 Å². The van der Waals surface area contributed by atoms with Crippen LogP contribution in [-0.4, -0.2) is 36.1 Å². The second kappa shape index (κ2) is 7.28. The summed E-state index contributed by atoms with van der Waals surface area (Å²) in [5.74, 6) is -2.48. The zero-order valence-electron chi connectivity index (χ0n) is 11.4. The van der Waals surface area contributed by atoms with Crippen molar-refractivity contribution in [2.24, 2.45) is 0 Å². The maximum Gasteiger partial charge on any atom is 0.328 e. The predicted molar refractivity (Wildman–Crippen MR) is 71.3 cm³/mol. The SMILES string of the molecule is CCc1cccc(C(=O)NC(CC(=O)O)C(=O)OC)c1. The Morgan fingerprint density at radius 1 is 1.35 bits per heavy atom. The second-order valence-corrected chi connectivity index (χ2v) is 4.20. The second-order valence-electron chi connectivity index (χ2n) is 4.20. The number of carboxylic acid groups (broad SMARTS) is 1. The number of carbonyl (C=O) groups excluding carboxylic acids is 2. The van der Waals surface area contributed by atoms with E-state index in [4.69, 9.17) is 5.11 Å². The molecule has 1 aromatic rings. The Morgan fingerprint density at radius 2 is 2.05 bits per heavy atom. The average Bonchev–Trinajstić information content (AvgIpc) is 2.45. The molecule has 1 amide bonds. The largest absolute Gasteiger partial charge is 0.481 e. The molecule has 0 radical (unpaired) electrons. The van der Waals surface area contributed by atoms with Crippen LogP contribution in [0.2, 0.25) is 0 Å². The van der Waals surface area contributed by atoms with Gasteiger partial charge in [0.1, 0.15) is 6.04 Å². The third kappa shape index (κ3) is 4.38. The van der Waals surface area contributed by atoms with Crippen LogP contribution in [0.15, 0.2) is 24.3 Å². The number of methoxy groups -OCH3 is 1. The zero-order chi connectivity index (χ0) is 15.1. The number of ether oxygens (including phenoxy) is 1. The van der Waals surface area contributed by atoms with Gasteiger partial charge in [-0.1, -0.05) is 19.1 Å². The maximum absolute atomic E-state index is 12.0. The Bertz CT molecular complexity index is 512. The van der Waals surface area contributed by atoms with E-state index in [1.807, 2.05) is 13.0 Å². The van der Waals surface area contributed by atoms with E-state index in [-0.39, 0.29) is 0 Å². The molecular weight excluding hydrogens is 262 g/mol. The summed E-state index contributed by atoms with van der Waals surface area (Å²) in [5, 5.41) is 11.1. The van der Waals surface area contributed by atoms with Crippen molar-refractivity contribution in [3.63, 3.8) is 0 Å². The van der Waals surface area contributed by atoms with Gasteiger partial charge in [0.15, 0.2) is 0 Å². The fraction of sp³-hybridized carbons (Fsp3) is 0.357. The maximum atomic E-state index is 12.0. The monoisotopic (exact) mass is 279 g/mol. The Morgan fingerprint density at radius 3 is 2.60 bits per heavy atom. The van der Waals surface area contributed by atoms with Gasteiger partial charge in [-0.05, 0) is 24.1 Å². The smallest absolute Gasteiger partial charge is 0.328 e. The van der Waals surface area contributed by atoms with E-state index >= 15 is 0 Å². The molecule has 0 aliphatic carbocycles. The fourth-order valence-corrected chi connectivity index (χ4v) is 1.68. The number of carboxylic acids is 1. The number of amides is 1. The molecule has 0 bridgehead atoms. The van der Waals surface area contributed by atoms with Crippen molar-refractivity contribution in [2.45, 2.75) is 25.8 Å². The molecule has 108 valence electrons.